The van der Waals surface area contributed by atoms with Crippen molar-refractivity contribution >= 4 is 24.0 Å². The van der Waals surface area contributed by atoms with E-state index >= 15 is 0 Å². The molecule has 78 valence electrons. The van der Waals surface area contributed by atoms with Crippen LogP contribution < -0.4 is 0 Å². The molecule has 0 aliphatic carbocycles. The van der Waals surface area contributed by atoms with Crippen molar-refractivity contribution < 1.29 is 14.4 Å². The molecule has 0 atom stereocenters. The first kappa shape index (κ1) is 11.4. The molecule has 0 aliphatic heterocycles. The van der Waals surface area contributed by atoms with Gasteiger partial charge in [0.2, 0.25) is 12.2 Å². The largest absolute Gasteiger partial charge is 0.280 e. The van der Waals surface area contributed by atoms with Gasteiger partial charge in [-0.2, -0.15) is 4.99 Å². The van der Waals surface area contributed by atoms with Crippen molar-refractivity contribution in [3.63, 3.8) is 0 Å². The van der Waals surface area contributed by atoms with E-state index in [-0.39, 0.29) is 0 Å². The molecule has 0 radical (unpaired) electrons. The molecule has 1 rings (SSSR count). The summed E-state index contributed by atoms with van der Waals surface area (Å²) >= 11 is 0. The highest BCUT2D eigenvalue weighted by Crippen LogP contribution is 2.01. The van der Waals surface area contributed by atoms with Crippen molar-refractivity contribution in [1.29, 1.82) is 0 Å². The maximum atomic E-state index is 11.4. The maximum absolute atomic E-state index is 11.4. The zero-order valence-corrected chi connectivity index (χ0v) is 7.95. The normalized spacial score (nSPS) is 8.25. The summed E-state index contributed by atoms with van der Waals surface area (Å²) < 4.78 is 0. The quantitative estimate of drug-likeness (QED) is 0.395. The number of benzene rings is 1. The minimum absolute atomic E-state index is 0.294. The van der Waals surface area contributed by atoms with Gasteiger partial charge in [-0.3, -0.25) is 4.79 Å². The summed E-state index contributed by atoms with van der Waals surface area (Å²) in [7, 11) is 0. The van der Waals surface area contributed by atoms with Crippen LogP contribution in [0.1, 0.15) is 10.4 Å². The number of carbonyl (C=O) groups excluding carboxylic acids is 3. The Balaban J connectivity index is 3.02. The third-order valence-corrected chi connectivity index (χ3v) is 1.51. The number of aliphatic imine (C=N–C) groups is 3. The smallest absolute Gasteiger partial charge is 0.267 e. The first-order chi connectivity index (χ1) is 7.77. The monoisotopic (exact) mass is 215 g/mol. The first-order valence-electron chi connectivity index (χ1n) is 4.11. The van der Waals surface area contributed by atoms with Gasteiger partial charge in [0.1, 0.15) is 0 Å². The van der Waals surface area contributed by atoms with E-state index < -0.39 is 11.9 Å². The van der Waals surface area contributed by atoms with Gasteiger partial charge in [-0.1, -0.05) is 18.2 Å². The molecule has 0 saturated heterocycles. The third-order valence-electron chi connectivity index (χ3n) is 1.51. The van der Waals surface area contributed by atoms with Gasteiger partial charge in [0.15, 0.2) is 0 Å². The summed E-state index contributed by atoms with van der Waals surface area (Å²) in [6.45, 7) is 0. The Morgan fingerprint density at radius 1 is 1.00 bits per heavy atom. The van der Waals surface area contributed by atoms with Crippen LogP contribution in [0.2, 0.25) is 0 Å². The SMILES string of the molecule is O=C=NC(N=C=O)=NC(=O)c1ccccc1. The summed E-state index contributed by atoms with van der Waals surface area (Å²) in [6.07, 6.45) is 2.26. The summed E-state index contributed by atoms with van der Waals surface area (Å²) in [5.41, 5.74) is 0.294. The van der Waals surface area contributed by atoms with Crippen LogP contribution in [0, 0.1) is 0 Å². The highest BCUT2D eigenvalue weighted by molar-refractivity contribution is 6.04. The number of guanidine groups is 1. The maximum Gasteiger partial charge on any atom is 0.280 e. The molecule has 0 spiro atoms. The Labute approximate surface area is 90.1 Å². The average Bonchev–Trinajstić information content (AvgIpc) is 2.31. The predicted octanol–water partition coefficient (Wildman–Crippen LogP) is 0.854. The summed E-state index contributed by atoms with van der Waals surface area (Å²) in [6, 6.07) is 8.08. The molecule has 16 heavy (non-hydrogen) atoms. The Morgan fingerprint density at radius 3 is 2.06 bits per heavy atom. The van der Waals surface area contributed by atoms with Gasteiger partial charge in [-0.25, -0.2) is 9.59 Å². The van der Waals surface area contributed by atoms with Crippen LogP contribution in [-0.4, -0.2) is 24.0 Å². The fourth-order valence-corrected chi connectivity index (χ4v) is 0.893. The van der Waals surface area contributed by atoms with Crippen LogP contribution in [0.25, 0.3) is 0 Å². The lowest BCUT2D eigenvalue weighted by Crippen LogP contribution is -1.99. The van der Waals surface area contributed by atoms with Crippen LogP contribution in [0.15, 0.2) is 45.3 Å². The summed E-state index contributed by atoms with van der Waals surface area (Å²) in [5.74, 6) is -1.23. The number of isocyanates is 2. The average molecular weight is 215 g/mol. The Kier molecular flexibility index (Phi) is 4.22. The van der Waals surface area contributed by atoms with Crippen molar-refractivity contribution in [3.05, 3.63) is 35.9 Å². The minimum Gasteiger partial charge on any atom is -0.267 e. The van der Waals surface area contributed by atoms with E-state index in [1.807, 2.05) is 0 Å². The van der Waals surface area contributed by atoms with E-state index in [0.29, 0.717) is 5.56 Å². The van der Waals surface area contributed by atoms with Crippen molar-refractivity contribution in [2.24, 2.45) is 15.0 Å². The lowest BCUT2D eigenvalue weighted by molar-refractivity contribution is 0.100. The predicted molar refractivity (Wildman–Crippen MR) is 54.5 cm³/mol. The van der Waals surface area contributed by atoms with Crippen LogP contribution in [-0.2, 0) is 9.59 Å². The molecule has 6 nitrogen and oxygen atoms in total. The Morgan fingerprint density at radius 2 is 1.56 bits per heavy atom. The van der Waals surface area contributed by atoms with Crippen LogP contribution >= 0.6 is 0 Å². The number of carbonyl (C=O) groups is 1. The lowest BCUT2D eigenvalue weighted by Gasteiger charge is -1.92. The molecule has 0 bridgehead atoms. The second-order valence-corrected chi connectivity index (χ2v) is 2.49. The minimum atomic E-state index is -0.659. The summed E-state index contributed by atoms with van der Waals surface area (Å²) in [5, 5.41) is 0. The molecule has 6 heteroatoms. The standard InChI is InChI=1S/C10H5N3O3/c14-6-11-10(12-7-15)13-9(16)8-4-2-1-3-5-8/h1-5H. The van der Waals surface area contributed by atoms with Gasteiger partial charge < -0.3 is 0 Å². The molecule has 0 N–H and O–H groups in total. The molecule has 1 aromatic carbocycles. The molecule has 0 unspecified atom stereocenters. The molecular formula is C10H5N3O3. The van der Waals surface area contributed by atoms with E-state index in [2.05, 4.69) is 15.0 Å². The van der Waals surface area contributed by atoms with Crippen LogP contribution in [0.5, 0.6) is 0 Å². The molecule has 1 aromatic rings. The van der Waals surface area contributed by atoms with E-state index in [9.17, 15) is 14.4 Å². The van der Waals surface area contributed by atoms with Gasteiger partial charge in [0.05, 0.1) is 0 Å². The lowest BCUT2D eigenvalue weighted by atomic mass is 10.2. The topological polar surface area (TPSA) is 88.3 Å². The second kappa shape index (κ2) is 5.93. The van der Waals surface area contributed by atoms with Crippen LogP contribution in [0.4, 0.5) is 0 Å². The Hall–Kier alpha value is -2.68. The highest BCUT2D eigenvalue weighted by Gasteiger charge is 2.04. The van der Waals surface area contributed by atoms with E-state index in [0.717, 1.165) is 12.2 Å². The zero-order valence-electron chi connectivity index (χ0n) is 7.95. The molecule has 1 amide bonds. The van der Waals surface area contributed by atoms with Crippen molar-refractivity contribution in [2.45, 2.75) is 0 Å². The van der Waals surface area contributed by atoms with Crippen molar-refractivity contribution in [1.82, 2.24) is 0 Å². The molecule has 0 aromatic heterocycles. The Bertz CT molecular complexity index is 489. The third kappa shape index (κ3) is 3.23. The van der Waals surface area contributed by atoms with E-state index in [1.165, 1.54) is 12.1 Å². The van der Waals surface area contributed by atoms with Crippen molar-refractivity contribution in [2.75, 3.05) is 0 Å². The molecule has 0 aliphatic rings. The van der Waals surface area contributed by atoms with Gasteiger partial charge in [-0.05, 0) is 12.1 Å². The zero-order chi connectivity index (χ0) is 11.8. The number of amides is 1. The highest BCUT2D eigenvalue weighted by atomic mass is 16.1. The number of rotatable bonds is 1. The van der Waals surface area contributed by atoms with Gasteiger partial charge in [0, 0.05) is 5.56 Å². The summed E-state index contributed by atoms with van der Waals surface area (Å²) in [4.78, 5) is 40.6. The molecule has 0 saturated carbocycles. The number of hydrogen-bond donors (Lipinski definition) is 0. The van der Waals surface area contributed by atoms with E-state index in [1.54, 1.807) is 18.2 Å². The fraction of sp³-hybridized carbons (Fsp3) is 0. The van der Waals surface area contributed by atoms with Gasteiger partial charge in [-0.15, -0.1) is 9.98 Å². The second-order valence-electron chi connectivity index (χ2n) is 2.49. The van der Waals surface area contributed by atoms with Gasteiger partial charge >= 0.3 is 0 Å². The van der Waals surface area contributed by atoms with Crippen molar-refractivity contribution in [3.8, 4) is 0 Å². The molecule has 0 heterocycles. The number of hydrogen-bond acceptors (Lipinski definition) is 3. The van der Waals surface area contributed by atoms with Crippen LogP contribution in [0.3, 0.4) is 0 Å². The number of nitrogens with zero attached hydrogens (tertiary/aromatic N) is 3. The first-order valence-corrected chi connectivity index (χ1v) is 4.11. The van der Waals surface area contributed by atoms with E-state index in [4.69, 9.17) is 0 Å². The molecule has 0 fully saturated rings. The van der Waals surface area contributed by atoms with Gasteiger partial charge in [0.25, 0.3) is 11.9 Å². The molecular weight excluding hydrogens is 210 g/mol. The fourth-order valence-electron chi connectivity index (χ4n) is 0.893.